The van der Waals surface area contributed by atoms with Crippen LogP contribution >= 0.6 is 23.2 Å². The Morgan fingerprint density at radius 2 is 1.80 bits per heavy atom. The molecule has 0 bridgehead atoms. The third-order valence-electron chi connectivity index (χ3n) is 5.48. The largest absolute Gasteiger partial charge is 0.303 e. The predicted octanol–water partition coefficient (Wildman–Crippen LogP) is 4.27. The van der Waals surface area contributed by atoms with Crippen molar-refractivity contribution < 1.29 is 8.42 Å². The second-order valence-electron chi connectivity index (χ2n) is 7.30. The van der Waals surface area contributed by atoms with E-state index in [1.807, 2.05) is 0 Å². The van der Waals surface area contributed by atoms with E-state index in [0.717, 1.165) is 44.8 Å². The summed E-state index contributed by atoms with van der Waals surface area (Å²) < 4.78 is 27.7. The molecule has 0 amide bonds. The van der Waals surface area contributed by atoms with Gasteiger partial charge in [0.15, 0.2) is 0 Å². The number of hydrogen-bond acceptors (Lipinski definition) is 3. The highest BCUT2D eigenvalue weighted by Crippen LogP contribution is 2.31. The number of nitrogens with zero attached hydrogens (tertiary/aromatic N) is 2. The Balaban J connectivity index is 1.66. The van der Waals surface area contributed by atoms with Crippen molar-refractivity contribution in [3.63, 3.8) is 0 Å². The summed E-state index contributed by atoms with van der Waals surface area (Å²) in [6.45, 7) is 6.13. The summed E-state index contributed by atoms with van der Waals surface area (Å²) in [5.74, 6) is 0.814. The SMILES string of the molecule is CC1CCN(CC[C@@H]2CCCN2S(=O)(=O)c2ccc(Cl)c(Cl)c2)CC1. The molecule has 2 aliphatic rings. The van der Waals surface area contributed by atoms with Crippen molar-refractivity contribution in [3.05, 3.63) is 28.2 Å². The van der Waals surface area contributed by atoms with Crippen LogP contribution in [0.15, 0.2) is 23.1 Å². The molecule has 0 radical (unpaired) electrons. The third-order valence-corrected chi connectivity index (χ3v) is 8.16. The molecule has 1 atom stereocenters. The van der Waals surface area contributed by atoms with E-state index in [2.05, 4.69) is 11.8 Å². The van der Waals surface area contributed by atoms with E-state index in [-0.39, 0.29) is 16.0 Å². The molecule has 4 nitrogen and oxygen atoms in total. The van der Waals surface area contributed by atoms with Crippen molar-refractivity contribution in [2.45, 2.75) is 50.0 Å². The monoisotopic (exact) mass is 404 g/mol. The van der Waals surface area contributed by atoms with Gasteiger partial charge in [0.25, 0.3) is 0 Å². The molecule has 140 valence electrons. The molecule has 2 heterocycles. The summed E-state index contributed by atoms with van der Waals surface area (Å²) >= 11 is 11.9. The Hall–Kier alpha value is -0.330. The summed E-state index contributed by atoms with van der Waals surface area (Å²) in [4.78, 5) is 2.71. The number of benzene rings is 1. The lowest BCUT2D eigenvalue weighted by Crippen LogP contribution is -2.40. The van der Waals surface area contributed by atoms with Crippen LogP contribution in [0.3, 0.4) is 0 Å². The quantitative estimate of drug-likeness (QED) is 0.735. The van der Waals surface area contributed by atoms with Crippen molar-refractivity contribution in [2.24, 2.45) is 5.92 Å². The average Bonchev–Trinajstić information content (AvgIpc) is 3.06. The highest BCUT2D eigenvalue weighted by molar-refractivity contribution is 7.89. The van der Waals surface area contributed by atoms with Crippen LogP contribution in [0.5, 0.6) is 0 Å². The van der Waals surface area contributed by atoms with E-state index in [0.29, 0.717) is 11.6 Å². The fourth-order valence-electron chi connectivity index (χ4n) is 3.80. The summed E-state index contributed by atoms with van der Waals surface area (Å²) in [7, 11) is -3.52. The molecule has 0 saturated carbocycles. The van der Waals surface area contributed by atoms with Crippen molar-refractivity contribution in [1.29, 1.82) is 0 Å². The van der Waals surface area contributed by atoms with Gasteiger partial charge in [-0.25, -0.2) is 8.42 Å². The van der Waals surface area contributed by atoms with E-state index in [1.54, 1.807) is 16.4 Å². The molecule has 2 fully saturated rings. The van der Waals surface area contributed by atoms with Gasteiger partial charge in [0.05, 0.1) is 14.9 Å². The summed E-state index contributed by atoms with van der Waals surface area (Å²) in [5, 5.41) is 0.652. The van der Waals surface area contributed by atoms with Crippen molar-refractivity contribution >= 4 is 33.2 Å². The Kier molecular flexibility index (Phi) is 6.32. The van der Waals surface area contributed by atoms with E-state index in [1.165, 1.54) is 18.9 Å². The lowest BCUT2D eigenvalue weighted by atomic mass is 9.99. The summed E-state index contributed by atoms with van der Waals surface area (Å²) in [6, 6.07) is 4.64. The highest BCUT2D eigenvalue weighted by Gasteiger charge is 2.35. The zero-order valence-corrected chi connectivity index (χ0v) is 17.0. The van der Waals surface area contributed by atoms with Crippen LogP contribution in [0.1, 0.15) is 39.0 Å². The minimum absolute atomic E-state index is 0.0822. The van der Waals surface area contributed by atoms with Crippen LogP contribution in [0.4, 0.5) is 0 Å². The fourth-order valence-corrected chi connectivity index (χ4v) is 5.92. The van der Waals surface area contributed by atoms with Gasteiger partial charge < -0.3 is 4.90 Å². The Morgan fingerprint density at radius 3 is 2.48 bits per heavy atom. The Bertz CT molecular complexity index is 703. The molecular formula is C18H26Cl2N2O2S. The standard InChI is InChI=1S/C18H26Cl2N2O2S/c1-14-6-10-21(11-7-14)12-8-15-3-2-9-22(15)25(23,24)16-4-5-17(19)18(20)13-16/h4-5,13-15H,2-3,6-12H2,1H3/t15-/m0/s1. The van der Waals surface area contributed by atoms with E-state index in [4.69, 9.17) is 23.2 Å². The number of likely N-dealkylation sites (tertiary alicyclic amines) is 1. The van der Waals surface area contributed by atoms with Gasteiger partial charge in [-0.3, -0.25) is 0 Å². The molecule has 1 aromatic carbocycles. The molecule has 0 unspecified atom stereocenters. The molecule has 1 aromatic rings. The number of sulfonamides is 1. The average molecular weight is 405 g/mol. The van der Waals surface area contributed by atoms with Gasteiger partial charge in [-0.1, -0.05) is 30.1 Å². The zero-order valence-electron chi connectivity index (χ0n) is 14.6. The van der Waals surface area contributed by atoms with Crippen LogP contribution < -0.4 is 0 Å². The first-order valence-corrected chi connectivity index (χ1v) is 11.3. The van der Waals surface area contributed by atoms with Crippen molar-refractivity contribution in [1.82, 2.24) is 9.21 Å². The fraction of sp³-hybridized carbons (Fsp3) is 0.667. The molecular weight excluding hydrogens is 379 g/mol. The van der Waals surface area contributed by atoms with E-state index in [9.17, 15) is 8.42 Å². The van der Waals surface area contributed by atoms with Gasteiger partial charge in [0.2, 0.25) is 10.0 Å². The number of piperidine rings is 1. The molecule has 0 spiro atoms. The molecule has 0 N–H and O–H groups in total. The van der Waals surface area contributed by atoms with Crippen molar-refractivity contribution in [3.8, 4) is 0 Å². The highest BCUT2D eigenvalue weighted by atomic mass is 35.5. The molecule has 3 rings (SSSR count). The predicted molar refractivity (Wildman–Crippen MR) is 103 cm³/mol. The maximum Gasteiger partial charge on any atom is 0.243 e. The molecule has 0 aliphatic carbocycles. The molecule has 2 saturated heterocycles. The Labute approximate surface area is 161 Å². The number of halogens is 2. The topological polar surface area (TPSA) is 40.6 Å². The van der Waals surface area contributed by atoms with Crippen LogP contribution in [0.2, 0.25) is 10.0 Å². The smallest absolute Gasteiger partial charge is 0.243 e. The lowest BCUT2D eigenvalue weighted by Gasteiger charge is -2.32. The molecule has 25 heavy (non-hydrogen) atoms. The second-order valence-corrected chi connectivity index (χ2v) is 10.0. The van der Waals surface area contributed by atoms with Gasteiger partial charge >= 0.3 is 0 Å². The normalized spacial score (nSPS) is 24.0. The van der Waals surface area contributed by atoms with Crippen LogP contribution in [-0.4, -0.2) is 49.8 Å². The maximum absolute atomic E-state index is 13.0. The molecule has 2 aliphatic heterocycles. The summed E-state index contributed by atoms with van der Waals surface area (Å²) in [5.41, 5.74) is 0. The minimum Gasteiger partial charge on any atom is -0.303 e. The lowest BCUT2D eigenvalue weighted by molar-refractivity contribution is 0.179. The van der Waals surface area contributed by atoms with Crippen LogP contribution in [-0.2, 0) is 10.0 Å². The zero-order chi connectivity index (χ0) is 18.0. The van der Waals surface area contributed by atoms with Gasteiger partial charge in [0.1, 0.15) is 0 Å². The number of hydrogen-bond donors (Lipinski definition) is 0. The number of rotatable bonds is 5. The maximum atomic E-state index is 13.0. The molecule has 0 aromatic heterocycles. The Morgan fingerprint density at radius 1 is 1.08 bits per heavy atom. The van der Waals surface area contributed by atoms with Gasteiger partial charge in [-0.05, 0) is 75.9 Å². The molecule has 7 heteroatoms. The van der Waals surface area contributed by atoms with Crippen LogP contribution in [0.25, 0.3) is 0 Å². The van der Waals surface area contributed by atoms with Gasteiger partial charge in [0, 0.05) is 12.6 Å². The van der Waals surface area contributed by atoms with Gasteiger partial charge in [-0.2, -0.15) is 4.31 Å². The first kappa shape index (κ1) is 19.4. The van der Waals surface area contributed by atoms with E-state index >= 15 is 0 Å². The van der Waals surface area contributed by atoms with Crippen molar-refractivity contribution in [2.75, 3.05) is 26.2 Å². The summed E-state index contributed by atoms with van der Waals surface area (Å²) in [6.07, 6.45) is 5.24. The van der Waals surface area contributed by atoms with E-state index < -0.39 is 10.0 Å². The second kappa shape index (κ2) is 8.13. The van der Waals surface area contributed by atoms with Gasteiger partial charge in [-0.15, -0.1) is 0 Å². The minimum atomic E-state index is -3.52. The first-order valence-electron chi connectivity index (χ1n) is 9.07. The first-order chi connectivity index (χ1) is 11.9. The van der Waals surface area contributed by atoms with Crippen LogP contribution in [0, 0.1) is 5.92 Å². The third kappa shape index (κ3) is 4.51.